The van der Waals surface area contributed by atoms with E-state index in [2.05, 4.69) is 9.97 Å². The molecule has 0 spiro atoms. The zero-order chi connectivity index (χ0) is 11.3. The molecule has 82 valence electrons. The summed E-state index contributed by atoms with van der Waals surface area (Å²) in [5.74, 6) is 0.277. The molecule has 0 unspecified atom stereocenters. The molecule has 1 rings (SSSR count). The molecular weight excluding hydrogens is 196 g/mol. The number of nitrogens with two attached hydrogens (primary N) is 1. The Bertz CT molecular complexity index is 343. The number of carbonyl (C=O) groups excluding carboxylic acids is 1. The van der Waals surface area contributed by atoms with Gasteiger partial charge in [-0.3, -0.25) is 0 Å². The average molecular weight is 210 g/mol. The minimum Gasteiger partial charge on any atom is -0.391 e. The van der Waals surface area contributed by atoms with Gasteiger partial charge in [0.25, 0.3) is 0 Å². The Kier molecular flexibility index (Phi) is 3.99. The van der Waals surface area contributed by atoms with E-state index in [0.717, 1.165) is 0 Å². The molecule has 1 aromatic rings. The van der Waals surface area contributed by atoms with Crippen molar-refractivity contribution >= 4 is 6.09 Å². The van der Waals surface area contributed by atoms with Gasteiger partial charge in [-0.25, -0.2) is 14.8 Å². The number of carbonyl (C=O) groups is 1. The molecule has 0 atom stereocenters. The molecule has 0 saturated carbocycles. The standard InChI is InChI=1S/C9H14N4O2/c1-7-5-11-6-12-8(7)15-9(14)13(2)4-3-10/h5-6H,3-4,10H2,1-2H3. The second-order valence-electron chi connectivity index (χ2n) is 3.09. The van der Waals surface area contributed by atoms with Crippen molar-refractivity contribution in [3.8, 4) is 5.88 Å². The SMILES string of the molecule is Cc1cncnc1OC(=O)N(C)CCN. The van der Waals surface area contributed by atoms with E-state index in [-0.39, 0.29) is 5.88 Å². The molecule has 1 heterocycles. The summed E-state index contributed by atoms with van der Waals surface area (Å²) >= 11 is 0. The van der Waals surface area contributed by atoms with Crippen molar-refractivity contribution in [1.29, 1.82) is 0 Å². The number of amides is 1. The van der Waals surface area contributed by atoms with E-state index in [1.54, 1.807) is 20.2 Å². The predicted octanol–water partition coefficient (Wildman–Crippen LogP) is 0.174. The molecule has 6 nitrogen and oxygen atoms in total. The molecule has 1 amide bonds. The Labute approximate surface area is 88.1 Å². The quantitative estimate of drug-likeness (QED) is 0.769. The van der Waals surface area contributed by atoms with Crippen molar-refractivity contribution in [2.75, 3.05) is 20.1 Å². The Morgan fingerprint density at radius 1 is 1.67 bits per heavy atom. The monoisotopic (exact) mass is 210 g/mol. The highest BCUT2D eigenvalue weighted by Gasteiger charge is 2.12. The number of hydrogen-bond acceptors (Lipinski definition) is 5. The smallest absolute Gasteiger partial charge is 0.391 e. The summed E-state index contributed by atoms with van der Waals surface area (Å²) in [5, 5.41) is 0. The summed E-state index contributed by atoms with van der Waals surface area (Å²) in [6.07, 6.45) is 2.44. The van der Waals surface area contributed by atoms with Crippen LogP contribution in [0.1, 0.15) is 5.56 Å². The Balaban J connectivity index is 2.62. The second kappa shape index (κ2) is 5.26. The van der Waals surface area contributed by atoms with E-state index < -0.39 is 6.09 Å². The number of hydrogen-bond donors (Lipinski definition) is 1. The van der Waals surface area contributed by atoms with E-state index >= 15 is 0 Å². The van der Waals surface area contributed by atoms with Gasteiger partial charge in [0.05, 0.1) is 0 Å². The van der Waals surface area contributed by atoms with Gasteiger partial charge >= 0.3 is 6.09 Å². The van der Waals surface area contributed by atoms with Gasteiger partial charge in [-0.15, -0.1) is 0 Å². The van der Waals surface area contributed by atoms with Gasteiger partial charge in [-0.1, -0.05) is 0 Å². The topological polar surface area (TPSA) is 81.3 Å². The van der Waals surface area contributed by atoms with Crippen molar-refractivity contribution in [2.24, 2.45) is 5.73 Å². The molecule has 0 fully saturated rings. The minimum atomic E-state index is -0.470. The van der Waals surface area contributed by atoms with Gasteiger partial charge in [-0.2, -0.15) is 0 Å². The molecule has 1 aromatic heterocycles. The van der Waals surface area contributed by atoms with Crippen LogP contribution in [-0.2, 0) is 0 Å². The maximum Gasteiger partial charge on any atom is 0.416 e. The van der Waals surface area contributed by atoms with E-state index in [4.69, 9.17) is 10.5 Å². The van der Waals surface area contributed by atoms with E-state index in [0.29, 0.717) is 18.7 Å². The molecular formula is C9H14N4O2. The highest BCUT2D eigenvalue weighted by atomic mass is 16.6. The summed E-state index contributed by atoms with van der Waals surface area (Å²) in [7, 11) is 1.62. The van der Waals surface area contributed by atoms with E-state index in [1.165, 1.54) is 11.2 Å². The number of rotatable bonds is 3. The zero-order valence-corrected chi connectivity index (χ0v) is 8.80. The number of likely N-dealkylation sites (N-methyl/N-ethyl adjacent to an activating group) is 1. The first-order valence-electron chi connectivity index (χ1n) is 4.54. The normalized spacial score (nSPS) is 9.80. The Morgan fingerprint density at radius 2 is 2.40 bits per heavy atom. The minimum absolute atomic E-state index is 0.277. The zero-order valence-electron chi connectivity index (χ0n) is 8.80. The first-order valence-corrected chi connectivity index (χ1v) is 4.54. The molecule has 0 saturated heterocycles. The summed E-state index contributed by atoms with van der Waals surface area (Å²) in [6.45, 7) is 2.61. The van der Waals surface area contributed by atoms with Crippen LogP contribution >= 0.6 is 0 Å². The van der Waals surface area contributed by atoms with Gasteiger partial charge in [0.1, 0.15) is 6.33 Å². The van der Waals surface area contributed by atoms with Gasteiger partial charge < -0.3 is 15.4 Å². The molecule has 0 radical (unpaired) electrons. The fourth-order valence-electron chi connectivity index (χ4n) is 0.940. The Hall–Kier alpha value is -1.69. The third-order valence-electron chi connectivity index (χ3n) is 1.81. The Morgan fingerprint density at radius 3 is 3.00 bits per heavy atom. The summed E-state index contributed by atoms with van der Waals surface area (Å²) in [5.41, 5.74) is 6.03. The lowest BCUT2D eigenvalue weighted by molar-refractivity contribution is 0.162. The fourth-order valence-corrected chi connectivity index (χ4v) is 0.940. The summed E-state index contributed by atoms with van der Waals surface area (Å²) in [6, 6.07) is 0. The average Bonchev–Trinajstić information content (AvgIpc) is 2.21. The highest BCUT2D eigenvalue weighted by Crippen LogP contribution is 2.11. The molecule has 0 aromatic carbocycles. The van der Waals surface area contributed by atoms with Crippen LogP contribution < -0.4 is 10.5 Å². The van der Waals surface area contributed by atoms with Crippen molar-refractivity contribution in [3.05, 3.63) is 18.1 Å². The van der Waals surface area contributed by atoms with Crippen molar-refractivity contribution in [2.45, 2.75) is 6.92 Å². The second-order valence-corrected chi connectivity index (χ2v) is 3.09. The first kappa shape index (κ1) is 11.4. The first-order chi connectivity index (χ1) is 7.15. The predicted molar refractivity (Wildman–Crippen MR) is 54.5 cm³/mol. The lowest BCUT2D eigenvalue weighted by atomic mass is 10.4. The van der Waals surface area contributed by atoms with E-state index in [1.807, 2.05) is 0 Å². The molecule has 2 N–H and O–H groups in total. The lowest BCUT2D eigenvalue weighted by Crippen LogP contribution is -2.34. The largest absolute Gasteiger partial charge is 0.416 e. The van der Waals surface area contributed by atoms with Gasteiger partial charge in [0.2, 0.25) is 5.88 Å². The molecule has 0 aliphatic heterocycles. The maximum absolute atomic E-state index is 11.4. The van der Waals surface area contributed by atoms with Gasteiger partial charge in [-0.05, 0) is 6.92 Å². The number of aryl methyl sites for hydroxylation is 1. The molecule has 15 heavy (non-hydrogen) atoms. The lowest BCUT2D eigenvalue weighted by Gasteiger charge is -2.15. The van der Waals surface area contributed by atoms with Crippen molar-refractivity contribution in [1.82, 2.24) is 14.9 Å². The molecule has 0 bridgehead atoms. The van der Waals surface area contributed by atoms with E-state index in [9.17, 15) is 4.79 Å². The number of nitrogens with zero attached hydrogens (tertiary/aromatic N) is 3. The van der Waals surface area contributed by atoms with Crippen molar-refractivity contribution < 1.29 is 9.53 Å². The van der Waals surface area contributed by atoms with Crippen LogP contribution in [0.2, 0.25) is 0 Å². The molecule has 0 aliphatic rings. The third-order valence-corrected chi connectivity index (χ3v) is 1.81. The number of aromatic nitrogens is 2. The maximum atomic E-state index is 11.4. The van der Waals surface area contributed by atoms with Gasteiger partial charge in [0, 0.05) is 31.9 Å². The van der Waals surface area contributed by atoms with Crippen molar-refractivity contribution in [3.63, 3.8) is 0 Å². The molecule has 6 heteroatoms. The number of ether oxygens (including phenoxy) is 1. The van der Waals surface area contributed by atoms with Crippen LogP contribution in [0, 0.1) is 6.92 Å². The fraction of sp³-hybridized carbons (Fsp3) is 0.444. The highest BCUT2D eigenvalue weighted by molar-refractivity contribution is 5.70. The van der Waals surface area contributed by atoms with Crippen LogP contribution in [0.4, 0.5) is 4.79 Å². The summed E-state index contributed by atoms with van der Waals surface area (Å²) < 4.78 is 5.04. The third kappa shape index (κ3) is 3.17. The van der Waals surface area contributed by atoms with Gasteiger partial charge in [0.15, 0.2) is 0 Å². The van der Waals surface area contributed by atoms with Crippen LogP contribution in [-0.4, -0.2) is 41.1 Å². The summed E-state index contributed by atoms with van der Waals surface area (Å²) in [4.78, 5) is 20.5. The van der Waals surface area contributed by atoms with Crippen LogP contribution in [0.5, 0.6) is 5.88 Å². The van der Waals surface area contributed by atoms with Crippen LogP contribution in [0.3, 0.4) is 0 Å². The molecule has 0 aliphatic carbocycles. The van der Waals surface area contributed by atoms with Crippen LogP contribution in [0.25, 0.3) is 0 Å². The van der Waals surface area contributed by atoms with Crippen LogP contribution in [0.15, 0.2) is 12.5 Å².